The van der Waals surface area contributed by atoms with E-state index < -0.39 is 19.4 Å². The minimum absolute atomic E-state index is 0.264. The fourth-order valence-corrected chi connectivity index (χ4v) is 0.751. The fraction of sp³-hybridized carbons (Fsp3) is 0.143. The molecule has 0 saturated heterocycles. The van der Waals surface area contributed by atoms with E-state index in [-0.39, 0.29) is 5.69 Å². The van der Waals surface area contributed by atoms with Crippen LogP contribution in [0.25, 0.3) is 4.98 Å². The Morgan fingerprint density at radius 3 is 1.89 bits per heavy atom. The first-order chi connectivity index (χ1) is 8.03. The molecule has 0 atom stereocenters. The van der Waals surface area contributed by atoms with Gasteiger partial charge in [-0.1, -0.05) is 12.1 Å². The van der Waals surface area contributed by atoms with Gasteiger partial charge in [0.2, 0.25) is 11.1 Å². The first-order valence-electron chi connectivity index (χ1n) is 4.10. The second kappa shape index (κ2) is 6.09. The Bertz CT molecular complexity index is 419. The van der Waals surface area contributed by atoms with Gasteiger partial charge in [-0.3, -0.25) is 0 Å². The molecule has 1 aromatic carbocycles. The third-order valence-electron chi connectivity index (χ3n) is 1.20. The quantitative estimate of drug-likeness (QED) is 0.434. The molecule has 0 unspecified atom stereocenters. The highest BCUT2D eigenvalue weighted by Crippen LogP contribution is 2.31. The number of rotatable bonds is 1. The molecule has 0 spiro atoms. The molecule has 0 aliphatic carbocycles. The van der Waals surface area contributed by atoms with E-state index in [0.717, 1.165) is 6.07 Å². The number of benzene rings is 1. The molecule has 0 radical (unpaired) electrons. The summed E-state index contributed by atoms with van der Waals surface area (Å²) in [6, 6.07) is 5.03. The molecule has 0 heterocycles. The minimum Gasteiger partial charge on any atom is -0.418 e. The molecule has 0 aromatic heterocycles. The maximum Gasteiger partial charge on any atom is 0.673 e. The van der Waals surface area contributed by atoms with Gasteiger partial charge in [0, 0.05) is 6.07 Å². The van der Waals surface area contributed by atoms with Crippen molar-refractivity contribution in [3.05, 3.63) is 29.2 Å². The molecule has 100 valence electrons. The summed E-state index contributed by atoms with van der Waals surface area (Å²) in [5.74, 6) is -0.530. The fourth-order valence-electron chi connectivity index (χ4n) is 0.751. The summed E-state index contributed by atoms with van der Waals surface area (Å²) < 4.78 is 77.7. The van der Waals surface area contributed by atoms with E-state index in [1.54, 1.807) is 0 Å². The summed E-state index contributed by atoms with van der Waals surface area (Å²) in [6.07, 6.45) is -4.78. The largest absolute Gasteiger partial charge is 0.673 e. The van der Waals surface area contributed by atoms with E-state index >= 15 is 0 Å². The smallest absolute Gasteiger partial charge is 0.418 e. The van der Waals surface area contributed by atoms with Crippen molar-refractivity contribution in [2.75, 3.05) is 0 Å². The molecule has 0 amide bonds. The van der Waals surface area contributed by atoms with Crippen molar-refractivity contribution < 1.29 is 35.2 Å². The number of ether oxygens (including phenoxy) is 1. The van der Waals surface area contributed by atoms with Crippen molar-refractivity contribution in [2.24, 2.45) is 0 Å². The van der Waals surface area contributed by atoms with Gasteiger partial charge in [0.15, 0.2) is 4.98 Å². The van der Waals surface area contributed by atoms with Crippen LogP contribution >= 0.6 is 0 Å². The number of para-hydroxylation sites is 1. The number of hydrogen-bond acceptors (Lipinski definition) is 2. The van der Waals surface area contributed by atoms with Crippen LogP contribution in [0.3, 0.4) is 0 Å². The van der Waals surface area contributed by atoms with Crippen molar-refractivity contribution >= 4 is 12.9 Å². The average molecular weight is 276 g/mol. The molecule has 1 rings (SSSR count). The number of halogens is 7. The lowest BCUT2D eigenvalue weighted by Crippen LogP contribution is -2.17. The summed E-state index contributed by atoms with van der Waals surface area (Å²) in [6.45, 7) is 0. The SMILES string of the molecule is F[B-](F)(F)F.N#[N+]c1ccccc1OC(F)(F)F. The van der Waals surface area contributed by atoms with E-state index in [1.807, 2.05) is 0 Å². The van der Waals surface area contributed by atoms with Crippen LogP contribution in [0, 0.1) is 5.39 Å². The summed E-state index contributed by atoms with van der Waals surface area (Å²) >= 11 is 0. The monoisotopic (exact) mass is 276 g/mol. The van der Waals surface area contributed by atoms with Gasteiger partial charge in [0.1, 0.15) is 0 Å². The average Bonchev–Trinajstić information content (AvgIpc) is 2.13. The summed E-state index contributed by atoms with van der Waals surface area (Å²) in [5, 5.41) is 8.29. The van der Waals surface area contributed by atoms with Crippen LogP contribution in [0.4, 0.5) is 36.1 Å². The minimum atomic E-state index is -6.00. The predicted molar refractivity (Wildman–Crippen MR) is 48.1 cm³/mol. The van der Waals surface area contributed by atoms with E-state index in [2.05, 4.69) is 9.71 Å². The molecule has 1 aromatic rings. The standard InChI is InChI=1S/C7H4F3N2O.BF4/c8-7(9,10)13-6-4-2-1-3-5(6)12-11;2-1(3,4)5/h1-4H;/q+1;-1. The second-order valence-corrected chi connectivity index (χ2v) is 2.61. The van der Waals surface area contributed by atoms with Gasteiger partial charge in [-0.05, 0) is 6.07 Å². The molecule has 3 nitrogen and oxygen atoms in total. The first kappa shape index (κ1) is 16.0. The van der Waals surface area contributed by atoms with Gasteiger partial charge in [0.05, 0.1) is 0 Å². The third-order valence-corrected chi connectivity index (χ3v) is 1.20. The molecule has 11 heteroatoms. The number of alkyl halides is 3. The van der Waals surface area contributed by atoms with Crippen molar-refractivity contribution in [3.63, 3.8) is 0 Å². The Hall–Kier alpha value is -1.99. The molecule has 18 heavy (non-hydrogen) atoms. The normalized spacial score (nSPS) is 11.0. The number of diazo groups is 1. The van der Waals surface area contributed by atoms with Crippen LogP contribution in [0.15, 0.2) is 24.3 Å². The topological polar surface area (TPSA) is 37.4 Å². The molecular weight excluding hydrogens is 272 g/mol. The van der Waals surface area contributed by atoms with Crippen molar-refractivity contribution in [1.82, 2.24) is 0 Å². The molecule has 0 N–H and O–H groups in total. The Morgan fingerprint density at radius 2 is 1.50 bits per heavy atom. The lowest BCUT2D eigenvalue weighted by molar-refractivity contribution is -0.274. The van der Waals surface area contributed by atoms with Crippen LogP contribution in [0.2, 0.25) is 0 Å². The van der Waals surface area contributed by atoms with Gasteiger partial charge in [-0.2, -0.15) is 0 Å². The van der Waals surface area contributed by atoms with Gasteiger partial charge in [0.25, 0.3) is 0 Å². The highest BCUT2D eigenvalue weighted by molar-refractivity contribution is 6.50. The molecule has 0 aliphatic heterocycles. The number of nitrogens with zero attached hydrogens (tertiary/aromatic N) is 2. The molecule has 0 saturated carbocycles. The zero-order valence-electron chi connectivity index (χ0n) is 8.34. The molecule has 0 bridgehead atoms. The Morgan fingerprint density at radius 1 is 1.06 bits per heavy atom. The maximum atomic E-state index is 11.7. The zero-order valence-corrected chi connectivity index (χ0v) is 8.34. The van der Waals surface area contributed by atoms with Gasteiger partial charge in [-0.25, -0.2) is 0 Å². The van der Waals surface area contributed by atoms with E-state index in [0.29, 0.717) is 0 Å². The lowest BCUT2D eigenvalue weighted by atomic mass is 10.3. The summed E-state index contributed by atoms with van der Waals surface area (Å²) in [4.78, 5) is 2.63. The highest BCUT2D eigenvalue weighted by atomic mass is 19.5. The van der Waals surface area contributed by atoms with E-state index in [9.17, 15) is 30.4 Å². The Balaban J connectivity index is 0.000000494. The predicted octanol–water partition coefficient (Wildman–Crippen LogP) is 4.37. The Kier molecular flexibility index (Phi) is 5.41. The van der Waals surface area contributed by atoms with Crippen LogP contribution in [-0.2, 0) is 0 Å². The van der Waals surface area contributed by atoms with Gasteiger partial charge < -0.3 is 22.0 Å². The highest BCUT2D eigenvalue weighted by Gasteiger charge is 2.34. The summed E-state index contributed by atoms with van der Waals surface area (Å²) in [7, 11) is -6.00. The van der Waals surface area contributed by atoms with Gasteiger partial charge in [-0.15, -0.1) is 13.2 Å². The van der Waals surface area contributed by atoms with Crippen molar-refractivity contribution in [2.45, 2.75) is 6.36 Å². The second-order valence-electron chi connectivity index (χ2n) is 2.61. The molecular formula is C7H4BF7N2O. The van der Waals surface area contributed by atoms with Crippen molar-refractivity contribution in [1.29, 1.82) is 5.39 Å². The Labute approximate surface area is 95.9 Å². The number of hydrogen-bond donors (Lipinski definition) is 0. The molecule has 0 fully saturated rings. The van der Waals surface area contributed by atoms with Crippen molar-refractivity contribution in [3.8, 4) is 5.75 Å². The van der Waals surface area contributed by atoms with Gasteiger partial charge >= 0.3 is 19.3 Å². The maximum absolute atomic E-state index is 11.7. The lowest BCUT2D eigenvalue weighted by Gasteiger charge is -2.05. The first-order valence-corrected chi connectivity index (χ1v) is 4.10. The van der Waals surface area contributed by atoms with Crippen LogP contribution < -0.4 is 4.74 Å². The summed E-state index contributed by atoms with van der Waals surface area (Å²) in [5.41, 5.74) is -0.264. The van der Waals surface area contributed by atoms with Crippen LogP contribution in [-0.4, -0.2) is 13.6 Å². The molecule has 0 aliphatic rings. The third kappa shape index (κ3) is 9.26. The van der Waals surface area contributed by atoms with E-state index in [1.165, 1.54) is 18.2 Å². The zero-order chi connectivity index (χ0) is 14.4. The van der Waals surface area contributed by atoms with E-state index in [4.69, 9.17) is 5.39 Å². The van der Waals surface area contributed by atoms with Crippen LogP contribution in [0.5, 0.6) is 5.75 Å². The van der Waals surface area contributed by atoms with Crippen LogP contribution in [0.1, 0.15) is 0 Å².